The van der Waals surface area contributed by atoms with Crippen LogP contribution in [0.3, 0.4) is 0 Å². The number of hydrogen-bond donors (Lipinski definition) is 1. The number of ether oxygens (including phenoxy) is 1. The van der Waals surface area contributed by atoms with Crippen LogP contribution in [0.15, 0.2) is 4.42 Å². The Morgan fingerprint density at radius 2 is 1.96 bits per heavy atom. The van der Waals surface area contributed by atoms with Gasteiger partial charge in [-0.3, -0.25) is 14.5 Å². The van der Waals surface area contributed by atoms with Crippen LogP contribution < -0.4 is 5.32 Å². The molecule has 0 saturated carbocycles. The molecule has 2 aliphatic heterocycles. The van der Waals surface area contributed by atoms with Gasteiger partial charge in [0.1, 0.15) is 5.76 Å². The van der Waals surface area contributed by atoms with E-state index in [-0.39, 0.29) is 17.7 Å². The quantitative estimate of drug-likeness (QED) is 0.736. The molecule has 0 spiro atoms. The number of amides is 2. The number of carbonyl (C=O) groups excluding carboxylic acids is 2. The number of aromatic nitrogens is 1. The van der Waals surface area contributed by atoms with Crippen molar-refractivity contribution in [3.05, 3.63) is 17.3 Å². The molecule has 2 aliphatic rings. The fraction of sp³-hybridized carbons (Fsp3) is 0.750. The van der Waals surface area contributed by atoms with Gasteiger partial charge in [0, 0.05) is 46.3 Å². The third-order valence-electron chi connectivity index (χ3n) is 5.80. The zero-order chi connectivity index (χ0) is 20.1. The van der Waals surface area contributed by atoms with Crippen LogP contribution in [-0.2, 0) is 9.53 Å². The molecule has 28 heavy (non-hydrogen) atoms. The molecule has 8 heteroatoms. The van der Waals surface area contributed by atoms with Gasteiger partial charge in [-0.25, -0.2) is 4.98 Å². The predicted octanol–water partition coefficient (Wildman–Crippen LogP) is 1.37. The number of likely N-dealkylation sites (tertiary alicyclic amines) is 2. The molecular formula is C20H32N4O4. The van der Waals surface area contributed by atoms with E-state index in [1.54, 1.807) is 21.0 Å². The number of piperidine rings is 2. The maximum atomic E-state index is 12.7. The highest BCUT2D eigenvalue weighted by molar-refractivity contribution is 5.93. The number of oxazole rings is 1. The molecule has 156 valence electrons. The molecule has 0 aromatic carbocycles. The van der Waals surface area contributed by atoms with Crippen LogP contribution >= 0.6 is 0 Å². The van der Waals surface area contributed by atoms with E-state index < -0.39 is 0 Å². The smallest absolute Gasteiger partial charge is 0.276 e. The molecule has 8 nitrogen and oxygen atoms in total. The summed E-state index contributed by atoms with van der Waals surface area (Å²) in [6.07, 6.45) is 3.84. The molecule has 3 rings (SSSR count). The molecule has 1 N–H and O–H groups in total. The van der Waals surface area contributed by atoms with Crippen LogP contribution in [0.2, 0.25) is 0 Å². The summed E-state index contributed by atoms with van der Waals surface area (Å²) in [5.74, 6) is 1.25. The van der Waals surface area contributed by atoms with E-state index in [4.69, 9.17) is 9.15 Å². The minimum absolute atomic E-state index is 0.0400. The molecule has 0 bridgehead atoms. The second-order valence-electron chi connectivity index (χ2n) is 7.78. The van der Waals surface area contributed by atoms with Gasteiger partial charge in [0.05, 0.1) is 12.5 Å². The molecule has 1 aromatic rings. The van der Waals surface area contributed by atoms with Crippen molar-refractivity contribution >= 4 is 11.8 Å². The van der Waals surface area contributed by atoms with Gasteiger partial charge in [0.2, 0.25) is 5.91 Å². The van der Waals surface area contributed by atoms with Crippen molar-refractivity contribution in [2.75, 3.05) is 46.4 Å². The first kappa shape index (κ1) is 20.8. The summed E-state index contributed by atoms with van der Waals surface area (Å²) in [5, 5.41) is 2.96. The summed E-state index contributed by atoms with van der Waals surface area (Å²) in [6.45, 7) is 7.92. The third-order valence-corrected chi connectivity index (χ3v) is 5.80. The van der Waals surface area contributed by atoms with Crippen LogP contribution in [0.1, 0.15) is 47.8 Å². The van der Waals surface area contributed by atoms with E-state index in [1.807, 2.05) is 4.90 Å². The number of rotatable bonds is 6. The lowest BCUT2D eigenvalue weighted by Gasteiger charge is -2.41. The predicted molar refractivity (Wildman–Crippen MR) is 104 cm³/mol. The Balaban J connectivity index is 1.49. The normalized spacial score (nSPS) is 21.7. The van der Waals surface area contributed by atoms with E-state index in [0.29, 0.717) is 36.5 Å². The number of carbonyl (C=O) groups is 2. The number of hydrogen-bond acceptors (Lipinski definition) is 6. The lowest BCUT2D eigenvalue weighted by atomic mass is 9.93. The summed E-state index contributed by atoms with van der Waals surface area (Å²) in [6, 6.07) is 0.429. The number of nitrogens with one attached hydrogen (secondary N) is 1. The van der Waals surface area contributed by atoms with Crippen LogP contribution in [0.25, 0.3) is 0 Å². The first-order valence-electron chi connectivity index (χ1n) is 10.2. The van der Waals surface area contributed by atoms with E-state index in [9.17, 15) is 9.59 Å². The highest BCUT2D eigenvalue weighted by atomic mass is 16.5. The van der Waals surface area contributed by atoms with E-state index in [2.05, 4.69) is 15.2 Å². The van der Waals surface area contributed by atoms with Crippen molar-refractivity contribution in [2.45, 2.75) is 45.6 Å². The highest BCUT2D eigenvalue weighted by Crippen LogP contribution is 2.25. The van der Waals surface area contributed by atoms with Crippen LogP contribution in [0, 0.1) is 19.8 Å². The Hall–Kier alpha value is -1.93. The fourth-order valence-corrected chi connectivity index (χ4v) is 4.28. The van der Waals surface area contributed by atoms with E-state index >= 15 is 0 Å². The number of nitrogens with zero attached hydrogens (tertiary/aromatic N) is 3. The highest BCUT2D eigenvalue weighted by Gasteiger charge is 2.33. The zero-order valence-electron chi connectivity index (χ0n) is 17.2. The van der Waals surface area contributed by atoms with Gasteiger partial charge in [0.25, 0.3) is 5.91 Å². The summed E-state index contributed by atoms with van der Waals surface area (Å²) in [5.41, 5.74) is 0.432. The number of methoxy groups -OCH3 is 1. The van der Waals surface area contributed by atoms with Gasteiger partial charge in [-0.15, -0.1) is 0 Å². The summed E-state index contributed by atoms with van der Waals surface area (Å²) in [7, 11) is 1.64. The Morgan fingerprint density at radius 3 is 2.61 bits per heavy atom. The molecule has 2 amide bonds. The molecule has 0 radical (unpaired) electrons. The molecule has 1 atom stereocenters. The third kappa shape index (κ3) is 4.91. The molecule has 0 aliphatic carbocycles. The SMILES string of the molecule is COCCNC(=O)[C@@H]1CCCN(C2CCN(C(=O)c3nc(C)oc3C)CC2)C1. The molecule has 3 heterocycles. The average Bonchev–Trinajstić information content (AvgIpc) is 3.05. The van der Waals surface area contributed by atoms with Crippen molar-refractivity contribution in [3.8, 4) is 0 Å². The van der Waals surface area contributed by atoms with Gasteiger partial charge in [0.15, 0.2) is 11.6 Å². The fourth-order valence-electron chi connectivity index (χ4n) is 4.28. The first-order valence-corrected chi connectivity index (χ1v) is 10.2. The second kappa shape index (κ2) is 9.52. The topological polar surface area (TPSA) is 87.9 Å². The van der Waals surface area contributed by atoms with Gasteiger partial charge in [-0.1, -0.05) is 0 Å². The van der Waals surface area contributed by atoms with Crippen molar-refractivity contribution in [1.29, 1.82) is 0 Å². The minimum atomic E-state index is -0.0400. The molecule has 2 saturated heterocycles. The monoisotopic (exact) mass is 392 g/mol. The molecular weight excluding hydrogens is 360 g/mol. The van der Waals surface area contributed by atoms with Crippen LogP contribution in [0.5, 0.6) is 0 Å². The Bertz CT molecular complexity index is 682. The van der Waals surface area contributed by atoms with Gasteiger partial charge in [-0.05, 0) is 39.2 Å². The minimum Gasteiger partial charge on any atom is -0.445 e. The van der Waals surface area contributed by atoms with Gasteiger partial charge >= 0.3 is 0 Å². The first-order chi connectivity index (χ1) is 13.5. The lowest BCUT2D eigenvalue weighted by molar-refractivity contribution is -0.127. The average molecular weight is 393 g/mol. The van der Waals surface area contributed by atoms with Crippen molar-refractivity contribution in [3.63, 3.8) is 0 Å². The van der Waals surface area contributed by atoms with Crippen LogP contribution in [-0.4, -0.2) is 79.1 Å². The zero-order valence-corrected chi connectivity index (χ0v) is 17.2. The Morgan fingerprint density at radius 1 is 1.21 bits per heavy atom. The summed E-state index contributed by atoms with van der Waals surface area (Å²) >= 11 is 0. The Labute approximate surface area is 166 Å². The van der Waals surface area contributed by atoms with Crippen molar-refractivity contribution in [1.82, 2.24) is 20.1 Å². The van der Waals surface area contributed by atoms with Gasteiger partial charge in [-0.2, -0.15) is 0 Å². The maximum absolute atomic E-state index is 12.7. The van der Waals surface area contributed by atoms with E-state index in [0.717, 1.165) is 51.9 Å². The van der Waals surface area contributed by atoms with Crippen molar-refractivity contribution in [2.24, 2.45) is 5.92 Å². The molecule has 0 unspecified atom stereocenters. The largest absolute Gasteiger partial charge is 0.445 e. The summed E-state index contributed by atoms with van der Waals surface area (Å²) < 4.78 is 10.4. The van der Waals surface area contributed by atoms with E-state index in [1.165, 1.54) is 0 Å². The standard InChI is InChI=1S/C20H32N4O4/c1-14-18(22-15(2)28-14)20(26)23-10-6-17(7-11-23)24-9-4-5-16(13-24)19(25)21-8-12-27-3/h16-17H,4-13H2,1-3H3,(H,21,25)/t16-/m1/s1. The Kier molecular flexibility index (Phi) is 7.07. The number of aryl methyl sites for hydroxylation is 2. The second-order valence-corrected chi connectivity index (χ2v) is 7.78. The molecule has 2 fully saturated rings. The lowest BCUT2D eigenvalue weighted by Crippen LogP contribution is -2.51. The van der Waals surface area contributed by atoms with Crippen molar-refractivity contribution < 1.29 is 18.7 Å². The maximum Gasteiger partial charge on any atom is 0.276 e. The van der Waals surface area contributed by atoms with Gasteiger partial charge < -0.3 is 19.4 Å². The summed E-state index contributed by atoms with van der Waals surface area (Å²) in [4.78, 5) is 33.6. The van der Waals surface area contributed by atoms with Crippen LogP contribution in [0.4, 0.5) is 0 Å². The molecule has 1 aromatic heterocycles.